The number of carbonyl (C=O) groups excluding carboxylic acids is 1. The Morgan fingerprint density at radius 3 is 2.68 bits per heavy atom. The zero-order valence-corrected chi connectivity index (χ0v) is 14.4. The van der Waals surface area contributed by atoms with Crippen molar-refractivity contribution in [1.29, 1.82) is 0 Å². The highest BCUT2D eigenvalue weighted by Crippen LogP contribution is 2.33. The second-order valence-corrected chi connectivity index (χ2v) is 7.16. The van der Waals surface area contributed by atoms with Crippen molar-refractivity contribution in [2.24, 2.45) is 5.92 Å². The van der Waals surface area contributed by atoms with Crippen LogP contribution in [0.5, 0.6) is 0 Å². The van der Waals surface area contributed by atoms with Crippen molar-refractivity contribution in [1.82, 2.24) is 10.2 Å². The topological polar surface area (TPSA) is 32.3 Å². The van der Waals surface area contributed by atoms with Gasteiger partial charge in [-0.15, -0.1) is 0 Å². The van der Waals surface area contributed by atoms with Gasteiger partial charge in [-0.3, -0.25) is 4.79 Å². The summed E-state index contributed by atoms with van der Waals surface area (Å²) in [5, 5.41) is 3.12. The van der Waals surface area contributed by atoms with Crippen LogP contribution in [0.1, 0.15) is 38.7 Å². The molecule has 0 bridgehead atoms. The SMILES string of the molecule is CN(C)[C@H]1CCC[C@@H]1C(=O)NC(C)(C)c1cccc(F)c1Cl. The molecule has 1 aromatic rings. The zero-order chi connectivity index (χ0) is 16.5. The van der Waals surface area contributed by atoms with Gasteiger partial charge in [0.25, 0.3) is 0 Å². The smallest absolute Gasteiger partial charge is 0.225 e. The van der Waals surface area contributed by atoms with E-state index in [9.17, 15) is 9.18 Å². The summed E-state index contributed by atoms with van der Waals surface area (Å²) >= 11 is 6.07. The summed E-state index contributed by atoms with van der Waals surface area (Å²) in [6.07, 6.45) is 2.98. The number of nitrogens with one attached hydrogen (secondary N) is 1. The van der Waals surface area contributed by atoms with Gasteiger partial charge in [-0.25, -0.2) is 4.39 Å². The average Bonchev–Trinajstić information content (AvgIpc) is 2.90. The molecule has 22 heavy (non-hydrogen) atoms. The first-order valence-corrected chi connectivity index (χ1v) is 8.05. The highest BCUT2D eigenvalue weighted by atomic mass is 35.5. The predicted octanol–water partition coefficient (Wildman–Crippen LogP) is 3.56. The molecule has 0 spiro atoms. The monoisotopic (exact) mass is 326 g/mol. The average molecular weight is 327 g/mol. The summed E-state index contributed by atoms with van der Waals surface area (Å²) in [7, 11) is 4.01. The summed E-state index contributed by atoms with van der Waals surface area (Å²) < 4.78 is 13.7. The minimum absolute atomic E-state index is 0.0153. The Balaban J connectivity index is 2.18. The molecular formula is C17H24ClFN2O. The molecule has 1 aliphatic rings. The lowest BCUT2D eigenvalue weighted by Crippen LogP contribution is -2.48. The standard InChI is InChI=1S/C17H24ClFN2O/c1-17(2,12-8-6-9-13(19)15(12)18)20-16(22)11-7-5-10-14(11)21(3)4/h6,8-9,11,14H,5,7,10H2,1-4H3,(H,20,22)/t11-,14-/m0/s1. The number of benzene rings is 1. The Morgan fingerprint density at radius 1 is 1.36 bits per heavy atom. The van der Waals surface area contributed by atoms with Gasteiger partial charge in [0, 0.05) is 6.04 Å². The molecule has 0 saturated heterocycles. The third kappa shape index (κ3) is 3.44. The minimum atomic E-state index is -0.713. The number of halogens is 2. The Morgan fingerprint density at radius 2 is 2.05 bits per heavy atom. The van der Waals surface area contributed by atoms with Gasteiger partial charge >= 0.3 is 0 Å². The minimum Gasteiger partial charge on any atom is -0.347 e. The van der Waals surface area contributed by atoms with E-state index in [0.29, 0.717) is 5.56 Å². The van der Waals surface area contributed by atoms with E-state index in [2.05, 4.69) is 10.2 Å². The molecule has 0 heterocycles. The molecule has 3 nitrogen and oxygen atoms in total. The van der Waals surface area contributed by atoms with Gasteiger partial charge in [0.05, 0.1) is 16.5 Å². The zero-order valence-electron chi connectivity index (χ0n) is 13.6. The highest BCUT2D eigenvalue weighted by Gasteiger charge is 2.37. The van der Waals surface area contributed by atoms with Gasteiger partial charge in [-0.05, 0) is 52.4 Å². The molecule has 0 unspecified atom stereocenters. The third-order valence-corrected chi connectivity index (χ3v) is 4.92. The number of hydrogen-bond donors (Lipinski definition) is 1. The molecule has 0 aliphatic heterocycles. The first-order valence-electron chi connectivity index (χ1n) is 7.67. The molecule has 1 saturated carbocycles. The third-order valence-electron chi connectivity index (χ3n) is 4.54. The van der Waals surface area contributed by atoms with Crippen molar-refractivity contribution >= 4 is 17.5 Å². The van der Waals surface area contributed by atoms with Gasteiger partial charge in [-0.1, -0.05) is 30.2 Å². The molecule has 0 radical (unpaired) electrons. The van der Waals surface area contributed by atoms with Crippen LogP contribution in [-0.4, -0.2) is 30.9 Å². The first-order chi connectivity index (χ1) is 10.2. The van der Waals surface area contributed by atoms with Gasteiger partial charge in [-0.2, -0.15) is 0 Å². The molecule has 2 atom stereocenters. The number of nitrogens with zero attached hydrogens (tertiary/aromatic N) is 1. The maximum atomic E-state index is 13.7. The Labute approximate surface area is 136 Å². The van der Waals surface area contributed by atoms with Gasteiger partial charge < -0.3 is 10.2 Å². The predicted molar refractivity (Wildman–Crippen MR) is 87.4 cm³/mol. The fourth-order valence-electron chi connectivity index (χ4n) is 3.32. The van der Waals surface area contributed by atoms with Gasteiger partial charge in [0.15, 0.2) is 0 Å². The molecule has 1 aromatic carbocycles. The van der Waals surface area contributed by atoms with Crippen LogP contribution in [0.2, 0.25) is 5.02 Å². The van der Waals surface area contributed by atoms with Crippen LogP contribution in [0.25, 0.3) is 0 Å². The lowest BCUT2D eigenvalue weighted by Gasteiger charge is -2.32. The van der Waals surface area contributed by atoms with Crippen molar-refractivity contribution in [3.8, 4) is 0 Å². The van der Waals surface area contributed by atoms with Crippen LogP contribution in [0.15, 0.2) is 18.2 Å². The summed E-state index contributed by atoms with van der Waals surface area (Å²) in [5.41, 5.74) is -0.114. The summed E-state index contributed by atoms with van der Waals surface area (Å²) in [5.74, 6) is -0.475. The molecule has 2 rings (SSSR count). The van der Waals surface area contributed by atoms with E-state index < -0.39 is 11.4 Å². The van der Waals surface area contributed by atoms with Gasteiger partial charge in [0.1, 0.15) is 5.82 Å². The largest absolute Gasteiger partial charge is 0.347 e. The van der Waals surface area contributed by atoms with Crippen LogP contribution in [0, 0.1) is 11.7 Å². The van der Waals surface area contributed by atoms with E-state index in [1.807, 2.05) is 27.9 Å². The molecule has 1 amide bonds. The van der Waals surface area contributed by atoms with Crippen LogP contribution >= 0.6 is 11.6 Å². The van der Waals surface area contributed by atoms with Crippen LogP contribution in [-0.2, 0) is 10.3 Å². The summed E-state index contributed by atoms with van der Waals surface area (Å²) in [4.78, 5) is 14.8. The van der Waals surface area contributed by atoms with E-state index in [-0.39, 0.29) is 22.9 Å². The molecule has 122 valence electrons. The van der Waals surface area contributed by atoms with Crippen molar-refractivity contribution < 1.29 is 9.18 Å². The van der Waals surface area contributed by atoms with E-state index in [1.54, 1.807) is 12.1 Å². The normalized spacial score (nSPS) is 22.1. The maximum Gasteiger partial charge on any atom is 0.225 e. The molecule has 5 heteroatoms. The summed E-state index contributed by atoms with van der Waals surface area (Å²) in [6.45, 7) is 3.70. The lowest BCUT2D eigenvalue weighted by atomic mass is 9.92. The Kier molecular flexibility index (Phi) is 5.13. The van der Waals surface area contributed by atoms with Crippen molar-refractivity contribution in [3.05, 3.63) is 34.6 Å². The second-order valence-electron chi connectivity index (χ2n) is 6.78. The molecule has 1 N–H and O–H groups in total. The lowest BCUT2D eigenvalue weighted by molar-refractivity contribution is -0.128. The van der Waals surface area contributed by atoms with Crippen LogP contribution in [0.3, 0.4) is 0 Å². The Bertz CT molecular complexity index is 560. The van der Waals surface area contributed by atoms with Crippen LogP contribution in [0.4, 0.5) is 4.39 Å². The van der Waals surface area contributed by atoms with E-state index in [0.717, 1.165) is 19.3 Å². The van der Waals surface area contributed by atoms with E-state index in [1.165, 1.54) is 6.07 Å². The molecular weight excluding hydrogens is 303 g/mol. The number of carbonyl (C=O) groups is 1. The number of amides is 1. The molecule has 1 aliphatic carbocycles. The number of rotatable bonds is 4. The fraction of sp³-hybridized carbons (Fsp3) is 0.588. The fourth-order valence-corrected chi connectivity index (χ4v) is 3.68. The van der Waals surface area contributed by atoms with Crippen molar-refractivity contribution in [3.63, 3.8) is 0 Å². The summed E-state index contributed by atoms with van der Waals surface area (Å²) in [6, 6.07) is 4.95. The van der Waals surface area contributed by atoms with Crippen LogP contribution < -0.4 is 5.32 Å². The molecule has 1 fully saturated rings. The first kappa shape index (κ1) is 17.2. The Hall–Kier alpha value is -1.13. The van der Waals surface area contributed by atoms with Crippen molar-refractivity contribution in [2.75, 3.05) is 14.1 Å². The number of hydrogen-bond acceptors (Lipinski definition) is 2. The van der Waals surface area contributed by atoms with Crippen molar-refractivity contribution in [2.45, 2.75) is 44.7 Å². The van der Waals surface area contributed by atoms with E-state index >= 15 is 0 Å². The highest BCUT2D eigenvalue weighted by molar-refractivity contribution is 6.31. The quantitative estimate of drug-likeness (QED) is 0.917. The van der Waals surface area contributed by atoms with E-state index in [4.69, 9.17) is 11.6 Å². The maximum absolute atomic E-state index is 13.7. The van der Waals surface area contributed by atoms with Gasteiger partial charge in [0.2, 0.25) is 5.91 Å². The molecule has 0 aromatic heterocycles. The second kappa shape index (κ2) is 6.55.